The lowest BCUT2D eigenvalue weighted by molar-refractivity contribution is -0.141. The normalized spacial score (nSPS) is 14.1. The molecule has 0 spiro atoms. The van der Waals surface area contributed by atoms with Crippen LogP contribution in [-0.4, -0.2) is 41.0 Å². The van der Waals surface area contributed by atoms with Crippen LogP contribution in [0.15, 0.2) is 48.5 Å². The summed E-state index contributed by atoms with van der Waals surface area (Å²) in [7, 11) is 0. The molecule has 1 atom stereocenters. The number of carbonyl (C=O) groups excluding carboxylic acids is 3. The fourth-order valence-electron chi connectivity index (χ4n) is 3.83. The number of alkyl carbamates (subject to hydrolysis) is 1. The fourth-order valence-corrected chi connectivity index (χ4v) is 3.83. The van der Waals surface area contributed by atoms with Gasteiger partial charge in [-0.2, -0.15) is 0 Å². The second-order valence-corrected chi connectivity index (χ2v) is 9.78. The first-order valence-corrected chi connectivity index (χ1v) is 11.7. The Kier molecular flexibility index (Phi) is 7.97. The maximum atomic E-state index is 13.6. The Balaban J connectivity index is 1.84. The zero-order chi connectivity index (χ0) is 24.9. The van der Waals surface area contributed by atoms with Gasteiger partial charge in [0.2, 0.25) is 11.8 Å². The van der Waals surface area contributed by atoms with Crippen molar-refractivity contribution < 1.29 is 19.1 Å². The van der Waals surface area contributed by atoms with Crippen molar-refractivity contribution in [2.24, 2.45) is 0 Å². The van der Waals surface area contributed by atoms with Gasteiger partial charge < -0.3 is 20.3 Å². The van der Waals surface area contributed by atoms with Crippen LogP contribution in [0, 0.1) is 13.8 Å². The van der Waals surface area contributed by atoms with Crippen molar-refractivity contribution in [1.82, 2.24) is 15.5 Å². The molecule has 0 radical (unpaired) electrons. The number of carbonyl (C=O) groups is 3. The van der Waals surface area contributed by atoms with Crippen LogP contribution < -0.4 is 10.6 Å². The minimum atomic E-state index is -0.788. The standard InChI is InChI=1S/C27H35N3O4/c1-18-10-9-13-22(19(18)2)24(25(32)28-16-20-11-7-6-8-12-20)30(21-14-15-21)23(31)17-29-26(33)34-27(3,4)5/h6-13,21,24H,14-17H2,1-5H3,(H,28,32)(H,29,33). The van der Waals surface area contributed by atoms with E-state index in [9.17, 15) is 14.4 Å². The molecular weight excluding hydrogens is 430 g/mol. The maximum Gasteiger partial charge on any atom is 0.408 e. The Labute approximate surface area is 201 Å². The first-order valence-electron chi connectivity index (χ1n) is 11.7. The lowest BCUT2D eigenvalue weighted by Crippen LogP contribution is -2.49. The van der Waals surface area contributed by atoms with Gasteiger partial charge in [-0.05, 0) is 69.7 Å². The number of rotatable bonds is 8. The van der Waals surface area contributed by atoms with Crippen LogP contribution in [0.1, 0.15) is 61.9 Å². The number of hydrogen-bond acceptors (Lipinski definition) is 4. The maximum absolute atomic E-state index is 13.6. The number of hydrogen-bond donors (Lipinski definition) is 2. The first kappa shape index (κ1) is 25.3. The number of ether oxygens (including phenoxy) is 1. The lowest BCUT2D eigenvalue weighted by atomic mass is 9.95. The molecule has 1 unspecified atom stereocenters. The van der Waals surface area contributed by atoms with Gasteiger partial charge in [0.15, 0.2) is 0 Å². The van der Waals surface area contributed by atoms with E-state index in [1.54, 1.807) is 25.7 Å². The summed E-state index contributed by atoms with van der Waals surface area (Å²) in [5.74, 6) is -0.552. The highest BCUT2D eigenvalue weighted by Gasteiger charge is 2.41. The van der Waals surface area contributed by atoms with Gasteiger partial charge in [-0.25, -0.2) is 4.79 Å². The third-order valence-electron chi connectivity index (χ3n) is 5.79. The zero-order valence-electron chi connectivity index (χ0n) is 20.7. The van der Waals surface area contributed by atoms with Crippen LogP contribution in [0.3, 0.4) is 0 Å². The predicted molar refractivity (Wildman–Crippen MR) is 131 cm³/mol. The molecule has 0 saturated heterocycles. The summed E-state index contributed by atoms with van der Waals surface area (Å²) in [5, 5.41) is 5.56. The minimum Gasteiger partial charge on any atom is -0.444 e. The number of benzene rings is 2. The van der Waals surface area contributed by atoms with E-state index in [1.807, 2.05) is 62.4 Å². The minimum absolute atomic E-state index is 0.0414. The van der Waals surface area contributed by atoms with Crippen LogP contribution in [0.2, 0.25) is 0 Å². The summed E-state index contributed by atoms with van der Waals surface area (Å²) in [5.41, 5.74) is 3.13. The van der Waals surface area contributed by atoms with E-state index < -0.39 is 17.7 Å². The van der Waals surface area contributed by atoms with Crippen LogP contribution >= 0.6 is 0 Å². The molecule has 0 aliphatic heterocycles. The summed E-state index contributed by atoms with van der Waals surface area (Å²) in [6.07, 6.45) is 0.991. The smallest absolute Gasteiger partial charge is 0.408 e. The summed E-state index contributed by atoms with van der Waals surface area (Å²) in [4.78, 5) is 40.7. The molecule has 2 aromatic rings. The van der Waals surface area contributed by atoms with Gasteiger partial charge in [-0.3, -0.25) is 9.59 Å². The number of nitrogens with zero attached hydrogens (tertiary/aromatic N) is 1. The Morgan fingerprint density at radius 1 is 1.00 bits per heavy atom. The Hall–Kier alpha value is -3.35. The molecule has 7 nitrogen and oxygen atoms in total. The third kappa shape index (κ3) is 6.83. The Bertz CT molecular complexity index is 1030. The largest absolute Gasteiger partial charge is 0.444 e. The number of nitrogens with one attached hydrogen (secondary N) is 2. The van der Waals surface area contributed by atoms with Crippen molar-refractivity contribution >= 4 is 17.9 Å². The molecule has 34 heavy (non-hydrogen) atoms. The third-order valence-corrected chi connectivity index (χ3v) is 5.79. The van der Waals surface area contributed by atoms with E-state index in [4.69, 9.17) is 4.74 Å². The monoisotopic (exact) mass is 465 g/mol. The number of aryl methyl sites for hydroxylation is 1. The first-order chi connectivity index (χ1) is 16.1. The van der Waals surface area contributed by atoms with Crippen LogP contribution in [0.4, 0.5) is 4.79 Å². The van der Waals surface area contributed by atoms with E-state index >= 15 is 0 Å². The molecule has 0 heterocycles. The van der Waals surface area contributed by atoms with E-state index in [1.165, 1.54) is 0 Å². The highest BCUT2D eigenvalue weighted by Crippen LogP contribution is 2.36. The predicted octanol–water partition coefficient (Wildman–Crippen LogP) is 4.18. The molecule has 1 fully saturated rings. The van der Waals surface area contributed by atoms with Crippen molar-refractivity contribution in [3.8, 4) is 0 Å². The highest BCUT2D eigenvalue weighted by molar-refractivity contribution is 5.91. The van der Waals surface area contributed by atoms with E-state index in [2.05, 4.69) is 10.6 Å². The lowest BCUT2D eigenvalue weighted by Gasteiger charge is -2.33. The topological polar surface area (TPSA) is 87.7 Å². The van der Waals surface area contributed by atoms with Crippen molar-refractivity contribution in [2.75, 3.05) is 6.54 Å². The van der Waals surface area contributed by atoms with Crippen molar-refractivity contribution in [1.29, 1.82) is 0 Å². The summed E-state index contributed by atoms with van der Waals surface area (Å²) in [6.45, 7) is 9.37. The van der Waals surface area contributed by atoms with Crippen molar-refractivity contribution in [3.63, 3.8) is 0 Å². The molecule has 0 aromatic heterocycles. The molecule has 0 bridgehead atoms. The van der Waals surface area contributed by atoms with Crippen LogP contribution in [0.5, 0.6) is 0 Å². The number of amides is 3. The van der Waals surface area contributed by atoms with Gasteiger partial charge in [0.25, 0.3) is 0 Å². The average molecular weight is 466 g/mol. The van der Waals surface area contributed by atoms with Gasteiger partial charge in [0.05, 0.1) is 0 Å². The molecule has 182 valence electrons. The van der Waals surface area contributed by atoms with Gasteiger partial charge in [-0.1, -0.05) is 48.5 Å². The second-order valence-electron chi connectivity index (χ2n) is 9.78. The average Bonchev–Trinajstić information content (AvgIpc) is 3.61. The molecule has 3 rings (SSSR count). The van der Waals surface area contributed by atoms with E-state index in [0.29, 0.717) is 6.54 Å². The molecule has 1 aliphatic rings. The second kappa shape index (κ2) is 10.7. The molecule has 2 aromatic carbocycles. The van der Waals surface area contributed by atoms with Crippen molar-refractivity contribution in [3.05, 3.63) is 70.8 Å². The van der Waals surface area contributed by atoms with E-state index in [-0.39, 0.29) is 24.4 Å². The summed E-state index contributed by atoms with van der Waals surface area (Å²) < 4.78 is 5.26. The quantitative estimate of drug-likeness (QED) is 0.612. The fraction of sp³-hybridized carbons (Fsp3) is 0.444. The van der Waals surface area contributed by atoms with E-state index in [0.717, 1.165) is 35.1 Å². The summed E-state index contributed by atoms with van der Waals surface area (Å²) in [6, 6.07) is 14.6. The highest BCUT2D eigenvalue weighted by atomic mass is 16.6. The molecule has 1 saturated carbocycles. The van der Waals surface area contributed by atoms with Gasteiger partial charge >= 0.3 is 6.09 Å². The molecule has 2 N–H and O–H groups in total. The van der Waals surface area contributed by atoms with Gasteiger partial charge in [0.1, 0.15) is 18.2 Å². The zero-order valence-corrected chi connectivity index (χ0v) is 20.7. The summed E-state index contributed by atoms with van der Waals surface area (Å²) >= 11 is 0. The van der Waals surface area contributed by atoms with Gasteiger partial charge in [0, 0.05) is 12.6 Å². The van der Waals surface area contributed by atoms with Crippen LogP contribution in [0.25, 0.3) is 0 Å². The van der Waals surface area contributed by atoms with Crippen LogP contribution in [-0.2, 0) is 20.9 Å². The molecule has 1 aliphatic carbocycles. The van der Waals surface area contributed by atoms with Crippen molar-refractivity contribution in [2.45, 2.75) is 71.7 Å². The molecule has 7 heteroatoms. The van der Waals surface area contributed by atoms with Gasteiger partial charge in [-0.15, -0.1) is 0 Å². The Morgan fingerprint density at radius 3 is 2.29 bits per heavy atom. The molecule has 3 amide bonds. The Morgan fingerprint density at radius 2 is 1.68 bits per heavy atom. The molecular formula is C27H35N3O4. The SMILES string of the molecule is Cc1cccc(C(C(=O)NCc2ccccc2)N(C(=O)CNC(=O)OC(C)(C)C)C2CC2)c1C.